The highest BCUT2D eigenvalue weighted by Gasteiger charge is 2.05. The first-order valence-electron chi connectivity index (χ1n) is 7.84. The molecule has 0 atom stereocenters. The van der Waals surface area contributed by atoms with E-state index in [9.17, 15) is 0 Å². The van der Waals surface area contributed by atoms with Gasteiger partial charge in [-0.15, -0.1) is 0 Å². The van der Waals surface area contributed by atoms with Crippen LogP contribution in [0.1, 0.15) is 11.3 Å². The maximum atomic E-state index is 5.41. The third-order valence-electron chi connectivity index (χ3n) is 3.94. The number of aliphatic imine (C=N–C) groups is 1. The van der Waals surface area contributed by atoms with E-state index in [-0.39, 0.29) is 0 Å². The highest BCUT2D eigenvalue weighted by molar-refractivity contribution is 5.87. The van der Waals surface area contributed by atoms with E-state index in [4.69, 9.17) is 4.52 Å². The number of nitrogens with zero attached hydrogens (tertiary/aromatic N) is 2. The van der Waals surface area contributed by atoms with E-state index in [0.717, 1.165) is 17.0 Å². The van der Waals surface area contributed by atoms with Crippen LogP contribution in [-0.2, 0) is 0 Å². The summed E-state index contributed by atoms with van der Waals surface area (Å²) < 4.78 is 5.41. The Hall–Kier alpha value is -3.20. The van der Waals surface area contributed by atoms with Gasteiger partial charge in [0.25, 0.3) is 0 Å². The highest BCUT2D eigenvalue weighted by atomic mass is 16.5. The summed E-state index contributed by atoms with van der Waals surface area (Å²) in [7, 11) is 0. The first-order chi connectivity index (χ1) is 11.8. The molecule has 3 aromatic carbocycles. The zero-order valence-electron chi connectivity index (χ0n) is 13.3. The predicted molar refractivity (Wildman–Crippen MR) is 97.9 cm³/mol. The molecular formula is C21H16N2O. The van der Waals surface area contributed by atoms with Crippen LogP contribution in [-0.4, -0.2) is 11.4 Å². The fourth-order valence-electron chi connectivity index (χ4n) is 2.60. The highest BCUT2D eigenvalue weighted by Crippen LogP contribution is 2.22. The van der Waals surface area contributed by atoms with Crippen molar-refractivity contribution in [2.45, 2.75) is 6.92 Å². The Kier molecular flexibility index (Phi) is 3.67. The molecule has 4 aromatic rings. The zero-order valence-corrected chi connectivity index (χ0v) is 13.3. The van der Waals surface area contributed by atoms with Crippen molar-refractivity contribution >= 4 is 22.7 Å². The van der Waals surface area contributed by atoms with E-state index < -0.39 is 0 Å². The number of fused-ring (bicyclic) bond motifs is 1. The lowest BCUT2D eigenvalue weighted by Gasteiger charge is -1.98. The van der Waals surface area contributed by atoms with Crippen LogP contribution in [0, 0.1) is 6.92 Å². The average Bonchev–Trinajstić information content (AvgIpc) is 3.09. The Balaban J connectivity index is 1.58. The molecule has 0 N–H and O–H groups in total. The van der Waals surface area contributed by atoms with Gasteiger partial charge in [0.05, 0.1) is 11.9 Å². The second-order valence-corrected chi connectivity index (χ2v) is 5.77. The zero-order chi connectivity index (χ0) is 16.4. The predicted octanol–water partition coefficient (Wildman–Crippen LogP) is 5.55. The van der Waals surface area contributed by atoms with Gasteiger partial charge < -0.3 is 4.52 Å². The molecule has 0 aliphatic carbocycles. The van der Waals surface area contributed by atoms with Gasteiger partial charge in [0.1, 0.15) is 5.69 Å². The van der Waals surface area contributed by atoms with Crippen LogP contribution in [0.15, 0.2) is 82.3 Å². The summed E-state index contributed by atoms with van der Waals surface area (Å²) in [6.45, 7) is 2.06. The first-order valence-corrected chi connectivity index (χ1v) is 7.84. The van der Waals surface area contributed by atoms with E-state index in [1.807, 2.05) is 36.4 Å². The van der Waals surface area contributed by atoms with Crippen molar-refractivity contribution in [2.75, 3.05) is 0 Å². The molecule has 1 heterocycles. The number of hydrogen-bond donors (Lipinski definition) is 0. The minimum absolute atomic E-state index is 0.707. The van der Waals surface area contributed by atoms with E-state index in [0.29, 0.717) is 5.69 Å². The van der Waals surface area contributed by atoms with Gasteiger partial charge in [-0.2, -0.15) is 0 Å². The molecular weight excluding hydrogens is 296 g/mol. The average molecular weight is 312 g/mol. The summed E-state index contributed by atoms with van der Waals surface area (Å²) in [5, 5.41) is 6.45. The van der Waals surface area contributed by atoms with Crippen LogP contribution in [0.4, 0.5) is 5.69 Å². The summed E-state index contributed by atoms with van der Waals surface area (Å²) in [6, 6.07) is 24.4. The minimum atomic E-state index is 0.707. The van der Waals surface area contributed by atoms with Crippen LogP contribution in [0.25, 0.3) is 22.1 Å². The molecule has 0 aliphatic rings. The number of rotatable bonds is 3. The summed E-state index contributed by atoms with van der Waals surface area (Å²) in [4.78, 5) is 4.50. The van der Waals surface area contributed by atoms with E-state index in [1.54, 1.807) is 6.21 Å². The molecule has 116 valence electrons. The van der Waals surface area contributed by atoms with Gasteiger partial charge >= 0.3 is 0 Å². The molecule has 0 unspecified atom stereocenters. The van der Waals surface area contributed by atoms with Crippen molar-refractivity contribution in [1.82, 2.24) is 5.16 Å². The Bertz CT molecular complexity index is 1010. The minimum Gasteiger partial charge on any atom is -0.356 e. The molecule has 0 bridgehead atoms. The van der Waals surface area contributed by atoms with Crippen molar-refractivity contribution in [2.24, 2.45) is 4.99 Å². The molecule has 0 spiro atoms. The maximum absolute atomic E-state index is 5.41. The molecule has 3 nitrogen and oxygen atoms in total. The molecule has 24 heavy (non-hydrogen) atoms. The number of aryl methyl sites for hydroxylation is 1. The van der Waals surface area contributed by atoms with E-state index >= 15 is 0 Å². The summed E-state index contributed by atoms with van der Waals surface area (Å²) in [6.07, 6.45) is 1.73. The quantitative estimate of drug-likeness (QED) is 0.465. The summed E-state index contributed by atoms with van der Waals surface area (Å²) in [5.74, 6) is 0.745. The molecule has 3 heteroatoms. The van der Waals surface area contributed by atoms with Crippen LogP contribution >= 0.6 is 0 Å². The van der Waals surface area contributed by atoms with Crippen molar-refractivity contribution in [3.8, 4) is 11.3 Å². The van der Waals surface area contributed by atoms with Crippen LogP contribution in [0.2, 0.25) is 0 Å². The van der Waals surface area contributed by atoms with Crippen LogP contribution in [0.5, 0.6) is 0 Å². The molecule has 0 radical (unpaired) electrons. The van der Waals surface area contributed by atoms with E-state index in [1.165, 1.54) is 16.3 Å². The molecule has 0 aliphatic heterocycles. The Morgan fingerprint density at radius 2 is 1.67 bits per heavy atom. The van der Waals surface area contributed by atoms with Crippen LogP contribution < -0.4 is 0 Å². The summed E-state index contributed by atoms with van der Waals surface area (Å²) in [5.41, 5.74) is 3.84. The molecule has 0 saturated heterocycles. The Morgan fingerprint density at radius 1 is 0.875 bits per heavy atom. The SMILES string of the molecule is Cc1ccc(-c2cc(C=Nc3ccc4ccccc4c3)no2)cc1. The standard InChI is InChI=1S/C21H16N2O/c1-15-6-8-17(9-7-15)21-13-20(23-24-21)14-22-19-11-10-16-4-2-3-5-18(16)12-19/h2-14H,1H3. The lowest BCUT2D eigenvalue weighted by atomic mass is 10.1. The van der Waals surface area contributed by atoms with Crippen molar-refractivity contribution in [1.29, 1.82) is 0 Å². The smallest absolute Gasteiger partial charge is 0.167 e. The summed E-state index contributed by atoms with van der Waals surface area (Å²) >= 11 is 0. The number of hydrogen-bond acceptors (Lipinski definition) is 3. The molecule has 1 aromatic heterocycles. The monoisotopic (exact) mass is 312 g/mol. The van der Waals surface area contributed by atoms with Crippen molar-refractivity contribution in [3.63, 3.8) is 0 Å². The van der Waals surface area contributed by atoms with Crippen LogP contribution in [0.3, 0.4) is 0 Å². The van der Waals surface area contributed by atoms with Gasteiger partial charge in [0.2, 0.25) is 0 Å². The first kappa shape index (κ1) is 14.4. The lowest BCUT2D eigenvalue weighted by molar-refractivity contribution is 0.431. The van der Waals surface area contributed by atoms with Gasteiger partial charge in [0, 0.05) is 11.6 Å². The fraction of sp³-hybridized carbons (Fsp3) is 0.0476. The van der Waals surface area contributed by atoms with Crippen molar-refractivity contribution in [3.05, 3.63) is 84.1 Å². The second kappa shape index (κ2) is 6.13. The van der Waals surface area contributed by atoms with E-state index in [2.05, 4.69) is 53.5 Å². The van der Waals surface area contributed by atoms with Gasteiger partial charge in [-0.05, 0) is 29.8 Å². The molecule has 0 amide bonds. The molecule has 4 rings (SSSR count). The second-order valence-electron chi connectivity index (χ2n) is 5.77. The van der Waals surface area contributed by atoms with Crippen molar-refractivity contribution < 1.29 is 4.52 Å². The fourth-order valence-corrected chi connectivity index (χ4v) is 2.60. The normalized spacial score (nSPS) is 11.4. The largest absolute Gasteiger partial charge is 0.356 e. The van der Waals surface area contributed by atoms with Gasteiger partial charge in [0.15, 0.2) is 5.76 Å². The molecule has 0 fully saturated rings. The molecule has 0 saturated carbocycles. The topological polar surface area (TPSA) is 38.4 Å². The number of benzene rings is 3. The Morgan fingerprint density at radius 3 is 2.50 bits per heavy atom. The van der Waals surface area contributed by atoms with Gasteiger partial charge in [-0.1, -0.05) is 65.3 Å². The number of aromatic nitrogens is 1. The van der Waals surface area contributed by atoms with Gasteiger partial charge in [-0.25, -0.2) is 0 Å². The van der Waals surface area contributed by atoms with Gasteiger partial charge in [-0.3, -0.25) is 4.99 Å². The third kappa shape index (κ3) is 2.97. The lowest BCUT2D eigenvalue weighted by Crippen LogP contribution is -1.78. The Labute approximate surface area is 140 Å². The maximum Gasteiger partial charge on any atom is 0.167 e. The third-order valence-corrected chi connectivity index (χ3v) is 3.94.